The van der Waals surface area contributed by atoms with Crippen molar-refractivity contribution in [2.45, 2.75) is 13.8 Å². The molecule has 1 rings (SSSR count). The van der Waals surface area contributed by atoms with Crippen LogP contribution in [-0.4, -0.2) is 5.78 Å². The van der Waals surface area contributed by atoms with Gasteiger partial charge in [0.2, 0.25) is 0 Å². The fourth-order valence-electron chi connectivity index (χ4n) is 0.864. The van der Waals surface area contributed by atoms with Crippen LogP contribution in [0.3, 0.4) is 0 Å². The SMILES string of the molecule is CC(=O)c1cccc(C)c1.[HH]. The van der Waals surface area contributed by atoms with E-state index in [0.717, 1.165) is 11.1 Å². The molecule has 0 aromatic heterocycles. The lowest BCUT2D eigenvalue weighted by atomic mass is 10.1. The average Bonchev–Trinajstić information content (AvgIpc) is 1.88. The Morgan fingerprint density at radius 1 is 1.50 bits per heavy atom. The van der Waals surface area contributed by atoms with Gasteiger partial charge in [-0.15, -0.1) is 0 Å². The van der Waals surface area contributed by atoms with Crippen molar-refractivity contribution in [2.24, 2.45) is 0 Å². The first-order chi connectivity index (χ1) is 4.70. The maximum absolute atomic E-state index is 10.8. The molecule has 0 heterocycles. The summed E-state index contributed by atoms with van der Waals surface area (Å²) in [5.74, 6) is 0.128. The number of ketones is 1. The number of carbonyl (C=O) groups is 1. The fourth-order valence-corrected chi connectivity index (χ4v) is 0.864. The molecule has 0 saturated carbocycles. The van der Waals surface area contributed by atoms with Gasteiger partial charge in [0.25, 0.3) is 0 Å². The van der Waals surface area contributed by atoms with Gasteiger partial charge < -0.3 is 0 Å². The highest BCUT2D eigenvalue weighted by molar-refractivity contribution is 5.94. The maximum Gasteiger partial charge on any atom is 0.159 e. The number of aryl methyl sites for hydroxylation is 1. The molecule has 0 aliphatic heterocycles. The maximum atomic E-state index is 10.8. The summed E-state index contributed by atoms with van der Waals surface area (Å²) in [4.78, 5) is 10.8. The third kappa shape index (κ3) is 1.44. The van der Waals surface area contributed by atoms with E-state index in [1.54, 1.807) is 6.92 Å². The first-order valence-electron chi connectivity index (χ1n) is 3.28. The molecule has 0 saturated heterocycles. The molecule has 1 aromatic rings. The van der Waals surface area contributed by atoms with Crippen molar-refractivity contribution in [1.29, 1.82) is 0 Å². The van der Waals surface area contributed by atoms with Crippen LogP contribution in [0.2, 0.25) is 0 Å². The number of benzene rings is 1. The Morgan fingerprint density at radius 2 is 2.20 bits per heavy atom. The molecule has 0 spiro atoms. The lowest BCUT2D eigenvalue weighted by Gasteiger charge is -1.94. The molecule has 0 radical (unpaired) electrons. The minimum atomic E-state index is 0. The van der Waals surface area contributed by atoms with E-state index in [2.05, 4.69) is 0 Å². The number of Topliss-reactive ketones (excluding diaryl/α,β-unsaturated/α-hetero) is 1. The van der Waals surface area contributed by atoms with Crippen molar-refractivity contribution in [2.75, 3.05) is 0 Å². The second-order valence-electron chi connectivity index (χ2n) is 2.43. The molecule has 0 N–H and O–H groups in total. The Labute approximate surface area is 62.2 Å². The highest BCUT2D eigenvalue weighted by Gasteiger charge is 1.95. The molecule has 0 unspecified atom stereocenters. The summed E-state index contributed by atoms with van der Waals surface area (Å²) in [7, 11) is 0. The van der Waals surface area contributed by atoms with E-state index in [1.165, 1.54) is 0 Å². The Morgan fingerprint density at radius 3 is 2.60 bits per heavy atom. The van der Waals surface area contributed by atoms with Crippen molar-refractivity contribution in [1.82, 2.24) is 0 Å². The highest BCUT2D eigenvalue weighted by atomic mass is 16.1. The Balaban J connectivity index is 0.000001000. The van der Waals surface area contributed by atoms with Crippen LogP contribution in [-0.2, 0) is 0 Å². The van der Waals surface area contributed by atoms with Gasteiger partial charge >= 0.3 is 0 Å². The summed E-state index contributed by atoms with van der Waals surface area (Å²) in [5.41, 5.74) is 1.92. The standard InChI is InChI=1S/C9H10O.H2/c1-7-4-3-5-9(6-7)8(2)10;/h3-6H,1-2H3;1H. The third-order valence-corrected chi connectivity index (χ3v) is 1.42. The van der Waals surface area contributed by atoms with Crippen LogP contribution < -0.4 is 0 Å². The lowest BCUT2D eigenvalue weighted by molar-refractivity contribution is 0.101. The Bertz CT molecular complexity index is 255. The van der Waals surface area contributed by atoms with Crippen LogP contribution in [0.1, 0.15) is 24.3 Å². The molecular weight excluding hydrogens is 124 g/mol. The smallest absolute Gasteiger partial charge is 0.159 e. The molecule has 0 amide bonds. The summed E-state index contributed by atoms with van der Waals surface area (Å²) in [5, 5.41) is 0. The molecular formula is C9H12O. The van der Waals surface area contributed by atoms with Gasteiger partial charge in [-0.1, -0.05) is 23.8 Å². The van der Waals surface area contributed by atoms with E-state index >= 15 is 0 Å². The van der Waals surface area contributed by atoms with E-state index in [9.17, 15) is 4.79 Å². The van der Waals surface area contributed by atoms with Gasteiger partial charge in [0.05, 0.1) is 0 Å². The number of hydrogen-bond acceptors (Lipinski definition) is 1. The zero-order valence-electron chi connectivity index (χ0n) is 6.22. The predicted molar refractivity (Wildman–Crippen MR) is 43.3 cm³/mol. The van der Waals surface area contributed by atoms with Gasteiger partial charge in [0, 0.05) is 6.99 Å². The van der Waals surface area contributed by atoms with Gasteiger partial charge in [-0.25, -0.2) is 0 Å². The van der Waals surface area contributed by atoms with Crippen molar-refractivity contribution < 1.29 is 6.22 Å². The second-order valence-corrected chi connectivity index (χ2v) is 2.43. The molecule has 1 nitrogen and oxygen atoms in total. The van der Waals surface area contributed by atoms with Crippen LogP contribution in [0.25, 0.3) is 0 Å². The highest BCUT2D eigenvalue weighted by Crippen LogP contribution is 2.03. The van der Waals surface area contributed by atoms with Crippen molar-refractivity contribution in [3.63, 3.8) is 0 Å². The topological polar surface area (TPSA) is 17.1 Å². The molecule has 0 fully saturated rings. The first-order valence-corrected chi connectivity index (χ1v) is 3.28. The minimum absolute atomic E-state index is 0. The molecule has 54 valence electrons. The number of hydrogen-bond donors (Lipinski definition) is 0. The van der Waals surface area contributed by atoms with E-state index in [0.29, 0.717) is 0 Å². The van der Waals surface area contributed by atoms with Crippen LogP contribution >= 0.6 is 0 Å². The quantitative estimate of drug-likeness (QED) is 0.542. The van der Waals surface area contributed by atoms with Gasteiger partial charge in [-0.3, -0.25) is 4.79 Å². The summed E-state index contributed by atoms with van der Waals surface area (Å²) in [6.07, 6.45) is 0. The lowest BCUT2D eigenvalue weighted by Crippen LogP contribution is -1.90. The fraction of sp³-hybridized carbons (Fsp3) is 0.222. The zero-order valence-corrected chi connectivity index (χ0v) is 6.22. The van der Waals surface area contributed by atoms with Crippen molar-refractivity contribution >= 4 is 5.78 Å². The van der Waals surface area contributed by atoms with E-state index in [4.69, 9.17) is 0 Å². The van der Waals surface area contributed by atoms with Gasteiger partial charge in [0.1, 0.15) is 0 Å². The molecule has 0 bridgehead atoms. The number of carbonyl (C=O) groups excluding carboxylic acids is 1. The summed E-state index contributed by atoms with van der Waals surface area (Å²) < 4.78 is 0. The van der Waals surface area contributed by atoms with Crippen LogP contribution in [0.5, 0.6) is 0 Å². The molecule has 0 aliphatic rings. The monoisotopic (exact) mass is 136 g/mol. The second kappa shape index (κ2) is 2.65. The van der Waals surface area contributed by atoms with Gasteiger partial charge in [-0.2, -0.15) is 0 Å². The van der Waals surface area contributed by atoms with Gasteiger partial charge in [-0.05, 0) is 19.9 Å². The average molecular weight is 136 g/mol. The van der Waals surface area contributed by atoms with Crippen LogP contribution in [0.4, 0.5) is 0 Å². The van der Waals surface area contributed by atoms with Crippen molar-refractivity contribution in [3.8, 4) is 0 Å². The summed E-state index contributed by atoms with van der Waals surface area (Å²) >= 11 is 0. The predicted octanol–water partition coefficient (Wildman–Crippen LogP) is 2.44. The van der Waals surface area contributed by atoms with Crippen LogP contribution in [0.15, 0.2) is 24.3 Å². The summed E-state index contributed by atoms with van der Waals surface area (Å²) in [6, 6.07) is 7.59. The number of rotatable bonds is 1. The Hall–Kier alpha value is -1.11. The molecule has 0 atom stereocenters. The van der Waals surface area contributed by atoms with E-state index in [1.807, 2.05) is 31.2 Å². The minimum Gasteiger partial charge on any atom is -0.295 e. The van der Waals surface area contributed by atoms with Crippen molar-refractivity contribution in [3.05, 3.63) is 35.4 Å². The van der Waals surface area contributed by atoms with Gasteiger partial charge in [0.15, 0.2) is 5.78 Å². The summed E-state index contributed by atoms with van der Waals surface area (Å²) in [6.45, 7) is 3.56. The molecule has 1 heteroatoms. The molecule has 10 heavy (non-hydrogen) atoms. The third-order valence-electron chi connectivity index (χ3n) is 1.42. The van der Waals surface area contributed by atoms with E-state index < -0.39 is 0 Å². The Kier molecular flexibility index (Phi) is 1.86. The molecule has 1 aromatic carbocycles. The first kappa shape index (κ1) is 7.00. The van der Waals surface area contributed by atoms with E-state index in [-0.39, 0.29) is 7.21 Å². The normalized spacial score (nSPS) is 9.40. The van der Waals surface area contributed by atoms with Crippen LogP contribution in [0, 0.1) is 6.92 Å². The largest absolute Gasteiger partial charge is 0.295 e. The molecule has 0 aliphatic carbocycles. The zero-order chi connectivity index (χ0) is 7.56.